The van der Waals surface area contributed by atoms with Gasteiger partial charge in [0.15, 0.2) is 0 Å². The third kappa shape index (κ3) is 9.66. The van der Waals surface area contributed by atoms with E-state index in [1.165, 1.54) is 6.92 Å². The van der Waals surface area contributed by atoms with Crippen molar-refractivity contribution < 1.29 is 4.79 Å². The molecule has 0 radical (unpaired) electrons. The van der Waals surface area contributed by atoms with Crippen molar-refractivity contribution in [2.24, 2.45) is 5.73 Å². The Balaban J connectivity index is 0. The average Bonchev–Trinajstić information content (AvgIpc) is 1.61. The van der Waals surface area contributed by atoms with Gasteiger partial charge >= 0.3 is 29.6 Å². The van der Waals surface area contributed by atoms with Gasteiger partial charge in [-0.05, 0) is 0 Å². The Hall–Kier alpha value is 0.430. The van der Waals surface area contributed by atoms with Gasteiger partial charge in [0.25, 0.3) is 0 Å². The number of hydrogen-bond acceptors (Lipinski definition) is 2. The molecule has 0 rings (SSSR count). The quantitative estimate of drug-likeness (QED) is 0.439. The topological polar surface area (TPSA) is 55.1 Å². The fourth-order valence-electron chi connectivity index (χ4n) is 0.248. The summed E-state index contributed by atoms with van der Waals surface area (Å²) in [4.78, 5) is 10.0. The molecular formula is C4H11N2NaO. The Labute approximate surface area is 71.3 Å². The molecule has 3 nitrogen and oxygen atoms in total. The van der Waals surface area contributed by atoms with Crippen LogP contribution in [0.15, 0.2) is 0 Å². The number of amides is 1. The Kier molecular flexibility index (Phi) is 10.5. The third-order valence-corrected chi connectivity index (χ3v) is 0.518. The molecule has 3 N–H and O–H groups in total. The van der Waals surface area contributed by atoms with Crippen molar-refractivity contribution in [3.05, 3.63) is 0 Å². The van der Waals surface area contributed by atoms with Gasteiger partial charge < -0.3 is 11.1 Å². The van der Waals surface area contributed by atoms with E-state index in [-0.39, 0.29) is 35.5 Å². The molecule has 0 aliphatic heterocycles. The van der Waals surface area contributed by atoms with Crippen LogP contribution in [0.4, 0.5) is 0 Å². The maximum absolute atomic E-state index is 10.0. The van der Waals surface area contributed by atoms with Crippen LogP contribution in [-0.2, 0) is 4.79 Å². The van der Waals surface area contributed by atoms with Crippen molar-refractivity contribution in [3.8, 4) is 0 Å². The first-order chi connectivity index (χ1) is 3.27. The minimum absolute atomic E-state index is 0. The first-order valence-corrected chi connectivity index (χ1v) is 2.22. The van der Waals surface area contributed by atoms with E-state index in [4.69, 9.17) is 5.73 Å². The third-order valence-electron chi connectivity index (χ3n) is 0.518. The van der Waals surface area contributed by atoms with Crippen molar-refractivity contribution in [2.75, 3.05) is 13.1 Å². The van der Waals surface area contributed by atoms with Gasteiger partial charge in [0.1, 0.15) is 0 Å². The van der Waals surface area contributed by atoms with E-state index >= 15 is 0 Å². The molecule has 1 amide bonds. The van der Waals surface area contributed by atoms with Crippen LogP contribution in [0.1, 0.15) is 6.92 Å². The van der Waals surface area contributed by atoms with Gasteiger partial charge in [-0.25, -0.2) is 0 Å². The number of carbonyl (C=O) groups excluding carboxylic acids is 1. The van der Waals surface area contributed by atoms with Gasteiger partial charge in [-0.3, -0.25) is 4.79 Å². The molecule has 0 aromatic rings. The van der Waals surface area contributed by atoms with E-state index in [0.29, 0.717) is 13.1 Å². The van der Waals surface area contributed by atoms with Crippen LogP contribution >= 0.6 is 0 Å². The molecule has 44 valence electrons. The number of nitrogens with one attached hydrogen (secondary N) is 1. The zero-order valence-electron chi connectivity index (χ0n) is 4.40. The molecule has 0 aliphatic rings. The maximum atomic E-state index is 10.0. The second-order valence-electron chi connectivity index (χ2n) is 1.27. The van der Waals surface area contributed by atoms with Crippen LogP contribution in [0.5, 0.6) is 0 Å². The van der Waals surface area contributed by atoms with Crippen molar-refractivity contribution in [1.82, 2.24) is 5.32 Å². The molecule has 0 aliphatic carbocycles. The monoisotopic (exact) mass is 126 g/mol. The van der Waals surface area contributed by atoms with Gasteiger partial charge in [-0.1, -0.05) is 0 Å². The second-order valence-corrected chi connectivity index (χ2v) is 1.27. The van der Waals surface area contributed by atoms with Gasteiger partial charge in [0.05, 0.1) is 0 Å². The van der Waals surface area contributed by atoms with Gasteiger partial charge in [-0.2, -0.15) is 0 Å². The summed E-state index contributed by atoms with van der Waals surface area (Å²) in [6, 6.07) is 0. The minimum atomic E-state index is -0.0227. The van der Waals surface area contributed by atoms with E-state index in [9.17, 15) is 4.79 Å². The van der Waals surface area contributed by atoms with Crippen molar-refractivity contribution in [1.29, 1.82) is 0 Å². The molecule has 0 spiro atoms. The number of hydrogen-bond donors (Lipinski definition) is 2. The Morgan fingerprint density at radius 2 is 2.25 bits per heavy atom. The van der Waals surface area contributed by atoms with Crippen molar-refractivity contribution in [2.45, 2.75) is 6.92 Å². The molecule has 0 unspecified atom stereocenters. The van der Waals surface area contributed by atoms with Gasteiger partial charge in [0, 0.05) is 20.0 Å². The molecule has 0 heterocycles. The molecular weight excluding hydrogens is 115 g/mol. The predicted molar refractivity (Wildman–Crippen MR) is 34.9 cm³/mol. The molecule has 0 saturated heterocycles. The zero-order chi connectivity index (χ0) is 5.70. The standard InChI is InChI=1S/C4H10N2O.Na.H/c1-4(7)6-3-2-5;;/h2-3,5H2,1H3,(H,6,7);;. The van der Waals surface area contributed by atoms with Crippen molar-refractivity contribution >= 4 is 35.5 Å². The van der Waals surface area contributed by atoms with E-state index < -0.39 is 0 Å². The average molecular weight is 126 g/mol. The normalized spacial score (nSPS) is 7.25. The summed E-state index contributed by atoms with van der Waals surface area (Å²) in [5.74, 6) is -0.0227. The molecule has 0 saturated carbocycles. The summed E-state index contributed by atoms with van der Waals surface area (Å²) >= 11 is 0. The Morgan fingerprint density at radius 1 is 1.75 bits per heavy atom. The fraction of sp³-hybridized carbons (Fsp3) is 0.750. The number of nitrogens with two attached hydrogens (primary N) is 1. The van der Waals surface area contributed by atoms with Gasteiger partial charge in [0.2, 0.25) is 5.91 Å². The molecule has 0 atom stereocenters. The van der Waals surface area contributed by atoms with Crippen molar-refractivity contribution in [3.63, 3.8) is 0 Å². The SMILES string of the molecule is CC(=O)NCCN.[NaH]. The van der Waals surface area contributed by atoms with Crippen LogP contribution < -0.4 is 11.1 Å². The van der Waals surface area contributed by atoms with Gasteiger partial charge in [-0.15, -0.1) is 0 Å². The summed E-state index contributed by atoms with van der Waals surface area (Å²) in [6.45, 7) is 2.56. The molecule has 8 heavy (non-hydrogen) atoms. The molecule has 0 bridgehead atoms. The van der Waals surface area contributed by atoms with E-state index in [1.807, 2.05) is 0 Å². The molecule has 0 fully saturated rings. The summed E-state index contributed by atoms with van der Waals surface area (Å²) in [5, 5.41) is 2.53. The van der Waals surface area contributed by atoms with E-state index in [1.54, 1.807) is 0 Å². The Morgan fingerprint density at radius 3 is 2.38 bits per heavy atom. The van der Waals surface area contributed by atoms with Crippen LogP contribution in [0.2, 0.25) is 0 Å². The van der Waals surface area contributed by atoms with Crippen LogP contribution in [0, 0.1) is 0 Å². The molecule has 0 aromatic carbocycles. The summed E-state index contributed by atoms with van der Waals surface area (Å²) in [5.41, 5.74) is 5.06. The predicted octanol–water partition coefficient (Wildman–Crippen LogP) is -1.57. The zero-order valence-corrected chi connectivity index (χ0v) is 4.40. The molecule has 0 aromatic heterocycles. The first-order valence-electron chi connectivity index (χ1n) is 2.22. The summed E-state index contributed by atoms with van der Waals surface area (Å²) < 4.78 is 0. The first kappa shape index (κ1) is 11.3. The summed E-state index contributed by atoms with van der Waals surface area (Å²) in [6.07, 6.45) is 0. The number of rotatable bonds is 2. The van der Waals surface area contributed by atoms with Crippen LogP contribution in [0.3, 0.4) is 0 Å². The second kappa shape index (κ2) is 7.43. The number of carbonyl (C=O) groups is 1. The molecule has 4 heteroatoms. The van der Waals surface area contributed by atoms with E-state index in [2.05, 4.69) is 5.32 Å². The van der Waals surface area contributed by atoms with Crippen LogP contribution in [-0.4, -0.2) is 48.6 Å². The van der Waals surface area contributed by atoms with E-state index in [0.717, 1.165) is 0 Å². The van der Waals surface area contributed by atoms with Crippen LogP contribution in [0.25, 0.3) is 0 Å². The summed E-state index contributed by atoms with van der Waals surface area (Å²) in [7, 11) is 0. The fourth-order valence-corrected chi connectivity index (χ4v) is 0.248. The Bertz CT molecular complexity index is 67.1.